The molecule has 2 N–H and O–H groups in total. The maximum Gasteiger partial charge on any atom is 0.417 e. The average molecular weight is 534 g/mol. The monoisotopic (exact) mass is 533 g/mol. The molecule has 0 atom stereocenters. The minimum atomic E-state index is -4.67. The standard InChI is InChI=1S/C22H18F3N7O2S2/c1-13-28-30-20(36-13)27-18(33)12-35-21-31-29-17(32(21)14-7-3-2-4-8-14)11-26-19(34)15-9-5-6-10-16(15)22(23,24)25/h2-10H,11-12H2,1H3,(H,26,34)(H,27,30,33). The Morgan fingerprint density at radius 1 is 1.00 bits per heavy atom. The number of hydrogen-bond donors (Lipinski definition) is 2. The predicted octanol–water partition coefficient (Wildman–Crippen LogP) is 4.11. The Labute approximate surface area is 211 Å². The number of alkyl halides is 3. The van der Waals surface area contributed by atoms with Crippen LogP contribution in [0.3, 0.4) is 0 Å². The maximum absolute atomic E-state index is 13.3. The van der Waals surface area contributed by atoms with Crippen molar-refractivity contribution in [1.29, 1.82) is 0 Å². The minimum absolute atomic E-state index is 0.00505. The van der Waals surface area contributed by atoms with E-state index in [1.807, 2.05) is 6.07 Å². The molecule has 0 saturated heterocycles. The molecule has 186 valence electrons. The second-order valence-electron chi connectivity index (χ2n) is 7.26. The van der Waals surface area contributed by atoms with Crippen LogP contribution in [0.2, 0.25) is 0 Å². The highest BCUT2D eigenvalue weighted by Gasteiger charge is 2.34. The molecule has 4 rings (SSSR count). The molecule has 0 spiro atoms. The van der Waals surface area contributed by atoms with Crippen molar-refractivity contribution < 1.29 is 22.8 Å². The highest BCUT2D eigenvalue weighted by Crippen LogP contribution is 2.32. The number of rotatable bonds is 8. The molecule has 2 aromatic carbocycles. The van der Waals surface area contributed by atoms with Crippen molar-refractivity contribution in [2.45, 2.75) is 24.8 Å². The van der Waals surface area contributed by atoms with Gasteiger partial charge < -0.3 is 5.32 Å². The zero-order valence-electron chi connectivity index (χ0n) is 18.6. The predicted molar refractivity (Wildman–Crippen MR) is 128 cm³/mol. The first kappa shape index (κ1) is 25.3. The number of nitrogens with zero attached hydrogens (tertiary/aromatic N) is 5. The molecule has 9 nitrogen and oxygen atoms in total. The highest BCUT2D eigenvalue weighted by atomic mass is 32.2. The van der Waals surface area contributed by atoms with Gasteiger partial charge in [0.1, 0.15) is 5.01 Å². The van der Waals surface area contributed by atoms with Crippen LogP contribution in [0.15, 0.2) is 59.8 Å². The molecule has 36 heavy (non-hydrogen) atoms. The minimum Gasteiger partial charge on any atom is -0.345 e. The highest BCUT2D eigenvalue weighted by molar-refractivity contribution is 7.99. The summed E-state index contributed by atoms with van der Waals surface area (Å²) in [5.41, 5.74) is -0.862. The van der Waals surface area contributed by atoms with Gasteiger partial charge in [0.2, 0.25) is 11.0 Å². The number of halogens is 3. The molecule has 2 amide bonds. The van der Waals surface area contributed by atoms with E-state index in [2.05, 4.69) is 31.0 Å². The quantitative estimate of drug-likeness (QED) is 0.328. The number of anilines is 1. The molecule has 4 aromatic rings. The molecule has 14 heteroatoms. The second kappa shape index (κ2) is 10.9. The Bertz CT molecular complexity index is 1370. The number of thioether (sulfide) groups is 1. The van der Waals surface area contributed by atoms with E-state index in [0.29, 0.717) is 21.0 Å². The average Bonchev–Trinajstić information content (AvgIpc) is 3.46. The van der Waals surface area contributed by atoms with Gasteiger partial charge in [0.05, 0.1) is 23.4 Å². The van der Waals surface area contributed by atoms with Crippen LogP contribution in [0.5, 0.6) is 0 Å². The number of hydrogen-bond acceptors (Lipinski definition) is 8. The van der Waals surface area contributed by atoms with E-state index in [4.69, 9.17) is 0 Å². The van der Waals surface area contributed by atoms with Gasteiger partial charge in [-0.1, -0.05) is 53.4 Å². The molecule has 0 unspecified atom stereocenters. The van der Waals surface area contributed by atoms with Gasteiger partial charge in [0.25, 0.3) is 5.91 Å². The summed E-state index contributed by atoms with van der Waals surface area (Å²) in [6.45, 7) is 1.58. The summed E-state index contributed by atoms with van der Waals surface area (Å²) in [4.78, 5) is 24.9. The van der Waals surface area contributed by atoms with Crippen LogP contribution in [0.1, 0.15) is 26.8 Å². The Morgan fingerprint density at radius 2 is 1.72 bits per heavy atom. The number of benzene rings is 2. The maximum atomic E-state index is 13.3. The number of nitrogens with one attached hydrogen (secondary N) is 2. The van der Waals surface area contributed by atoms with Crippen LogP contribution in [0.4, 0.5) is 18.3 Å². The van der Waals surface area contributed by atoms with Crippen molar-refractivity contribution in [2.75, 3.05) is 11.1 Å². The van der Waals surface area contributed by atoms with Crippen molar-refractivity contribution in [3.05, 3.63) is 76.6 Å². The summed E-state index contributed by atoms with van der Waals surface area (Å²) in [5, 5.41) is 22.5. The van der Waals surface area contributed by atoms with E-state index in [9.17, 15) is 22.8 Å². The van der Waals surface area contributed by atoms with E-state index in [1.165, 1.54) is 23.5 Å². The van der Waals surface area contributed by atoms with Crippen molar-refractivity contribution in [3.8, 4) is 5.69 Å². The molecule has 0 fully saturated rings. The molecule has 0 radical (unpaired) electrons. The van der Waals surface area contributed by atoms with Crippen molar-refractivity contribution >= 4 is 40.0 Å². The molecule has 2 aromatic heterocycles. The van der Waals surface area contributed by atoms with Crippen molar-refractivity contribution in [3.63, 3.8) is 0 Å². The summed E-state index contributed by atoms with van der Waals surface area (Å²) >= 11 is 2.35. The molecular weight excluding hydrogens is 515 g/mol. The Balaban J connectivity index is 1.51. The Kier molecular flexibility index (Phi) is 7.64. The summed E-state index contributed by atoms with van der Waals surface area (Å²) in [6, 6.07) is 13.5. The number of amides is 2. The number of carbonyl (C=O) groups excluding carboxylic acids is 2. The van der Waals surface area contributed by atoms with Gasteiger partial charge in [-0.05, 0) is 31.2 Å². The van der Waals surface area contributed by atoms with Gasteiger partial charge in [0, 0.05) is 5.69 Å². The van der Waals surface area contributed by atoms with Crippen LogP contribution >= 0.6 is 23.1 Å². The van der Waals surface area contributed by atoms with Crippen LogP contribution in [-0.4, -0.2) is 42.5 Å². The van der Waals surface area contributed by atoms with Crippen molar-refractivity contribution in [1.82, 2.24) is 30.3 Å². The fraction of sp³-hybridized carbons (Fsp3) is 0.182. The van der Waals surface area contributed by atoms with E-state index >= 15 is 0 Å². The molecule has 0 saturated carbocycles. The Morgan fingerprint density at radius 3 is 2.42 bits per heavy atom. The van der Waals surface area contributed by atoms with Crippen LogP contribution in [0, 0.1) is 6.92 Å². The fourth-order valence-corrected chi connectivity index (χ4v) is 4.54. The lowest BCUT2D eigenvalue weighted by atomic mass is 10.1. The summed E-state index contributed by atoms with van der Waals surface area (Å²) in [7, 11) is 0. The third kappa shape index (κ3) is 6.07. The fourth-order valence-electron chi connectivity index (χ4n) is 3.16. The summed E-state index contributed by atoms with van der Waals surface area (Å²) < 4.78 is 41.5. The van der Waals surface area contributed by atoms with Gasteiger partial charge in [-0.15, -0.1) is 20.4 Å². The van der Waals surface area contributed by atoms with E-state index in [-0.39, 0.29) is 24.0 Å². The summed E-state index contributed by atoms with van der Waals surface area (Å²) in [5.74, 6) is -0.944. The molecular formula is C22H18F3N7O2S2. The first-order valence-electron chi connectivity index (χ1n) is 10.4. The lowest BCUT2D eigenvalue weighted by Crippen LogP contribution is -2.27. The summed E-state index contributed by atoms with van der Waals surface area (Å²) in [6.07, 6.45) is -4.67. The number of aromatic nitrogens is 5. The third-order valence-electron chi connectivity index (χ3n) is 4.70. The zero-order valence-corrected chi connectivity index (χ0v) is 20.2. The third-order valence-corrected chi connectivity index (χ3v) is 6.39. The van der Waals surface area contributed by atoms with E-state index in [1.54, 1.807) is 35.8 Å². The van der Waals surface area contributed by atoms with Gasteiger partial charge in [-0.3, -0.25) is 19.5 Å². The Hall–Kier alpha value is -3.78. The molecule has 0 aliphatic rings. The number of para-hydroxylation sites is 1. The number of aryl methyl sites for hydroxylation is 1. The first-order chi connectivity index (χ1) is 17.2. The van der Waals surface area contributed by atoms with Gasteiger partial charge in [-0.25, -0.2) is 0 Å². The smallest absolute Gasteiger partial charge is 0.345 e. The zero-order chi connectivity index (χ0) is 25.7. The van der Waals surface area contributed by atoms with Gasteiger partial charge in [0.15, 0.2) is 11.0 Å². The van der Waals surface area contributed by atoms with Gasteiger partial charge >= 0.3 is 6.18 Å². The molecule has 0 bridgehead atoms. The van der Waals surface area contributed by atoms with Crippen LogP contribution in [-0.2, 0) is 17.5 Å². The second-order valence-corrected chi connectivity index (χ2v) is 9.38. The molecule has 0 aliphatic heterocycles. The SMILES string of the molecule is Cc1nnc(NC(=O)CSc2nnc(CNC(=O)c3ccccc3C(F)(F)F)n2-c2ccccc2)s1. The van der Waals surface area contributed by atoms with Gasteiger partial charge in [-0.2, -0.15) is 13.2 Å². The van der Waals surface area contributed by atoms with Crippen molar-refractivity contribution in [2.24, 2.45) is 0 Å². The van der Waals surface area contributed by atoms with E-state index in [0.717, 1.165) is 23.9 Å². The largest absolute Gasteiger partial charge is 0.417 e. The topological polar surface area (TPSA) is 115 Å². The molecule has 0 aliphatic carbocycles. The lowest BCUT2D eigenvalue weighted by molar-refractivity contribution is -0.138. The van der Waals surface area contributed by atoms with E-state index < -0.39 is 23.2 Å². The lowest BCUT2D eigenvalue weighted by Gasteiger charge is -2.13. The number of carbonyl (C=O) groups is 2. The van der Waals surface area contributed by atoms with Crippen LogP contribution in [0.25, 0.3) is 5.69 Å². The first-order valence-corrected chi connectivity index (χ1v) is 12.2. The van der Waals surface area contributed by atoms with Crippen LogP contribution < -0.4 is 10.6 Å². The molecule has 2 heterocycles. The normalized spacial score (nSPS) is 11.3.